The predicted octanol–water partition coefficient (Wildman–Crippen LogP) is 10.4. The van der Waals surface area contributed by atoms with Crippen LogP contribution in [0.2, 0.25) is 0 Å². The molecule has 46 heavy (non-hydrogen) atoms. The summed E-state index contributed by atoms with van der Waals surface area (Å²) in [5.74, 6) is 3.46. The summed E-state index contributed by atoms with van der Waals surface area (Å²) in [6, 6.07) is 21.4. The maximum Gasteiger partial charge on any atom is 0.120 e. The van der Waals surface area contributed by atoms with Crippen LogP contribution in [0.5, 0.6) is 23.0 Å². The Kier molecular flexibility index (Phi) is 15.3. The molecule has 0 atom stereocenters. The highest BCUT2D eigenvalue weighted by atomic mass is 16.5. The molecule has 0 unspecified atom stereocenters. The van der Waals surface area contributed by atoms with Gasteiger partial charge in [-0.1, -0.05) is 51.7 Å². The van der Waals surface area contributed by atoms with Gasteiger partial charge in [-0.25, -0.2) is 0 Å². The molecule has 6 heteroatoms. The van der Waals surface area contributed by atoms with Crippen molar-refractivity contribution in [2.45, 2.75) is 78.1 Å². The van der Waals surface area contributed by atoms with E-state index in [4.69, 9.17) is 28.4 Å². The summed E-state index contributed by atoms with van der Waals surface area (Å²) < 4.78 is 35.5. The van der Waals surface area contributed by atoms with E-state index in [1.165, 1.54) is 19.3 Å². The summed E-state index contributed by atoms with van der Waals surface area (Å²) in [7, 11) is 3.47. The first-order chi connectivity index (χ1) is 22.7. The number of hydrogen-bond acceptors (Lipinski definition) is 6. The van der Waals surface area contributed by atoms with E-state index in [1.54, 1.807) is 14.2 Å². The molecule has 0 aliphatic rings. The minimum Gasteiger partial charge on any atom is -0.494 e. The average molecular weight is 631 g/mol. The van der Waals surface area contributed by atoms with Crippen LogP contribution in [0.25, 0.3) is 32.7 Å². The lowest BCUT2D eigenvalue weighted by Crippen LogP contribution is -2.01. The van der Waals surface area contributed by atoms with Crippen molar-refractivity contribution in [1.82, 2.24) is 0 Å². The van der Waals surface area contributed by atoms with Crippen molar-refractivity contribution in [2.24, 2.45) is 0 Å². The second-order valence-electron chi connectivity index (χ2n) is 11.9. The van der Waals surface area contributed by atoms with E-state index in [9.17, 15) is 0 Å². The van der Waals surface area contributed by atoms with Gasteiger partial charge in [-0.05, 0) is 120 Å². The van der Waals surface area contributed by atoms with Crippen molar-refractivity contribution in [3.05, 3.63) is 60.7 Å². The van der Waals surface area contributed by atoms with E-state index >= 15 is 0 Å². The lowest BCUT2D eigenvalue weighted by atomic mass is 9.93. The Morgan fingerprint density at radius 1 is 0.391 bits per heavy atom. The number of methoxy groups -OCH3 is 2. The molecule has 0 aliphatic heterocycles. The van der Waals surface area contributed by atoms with Crippen molar-refractivity contribution in [1.29, 1.82) is 0 Å². The van der Waals surface area contributed by atoms with Crippen LogP contribution in [-0.2, 0) is 9.47 Å². The molecule has 0 N–H and O–H groups in total. The van der Waals surface area contributed by atoms with Crippen molar-refractivity contribution in [3.63, 3.8) is 0 Å². The van der Waals surface area contributed by atoms with E-state index in [0.717, 1.165) is 114 Å². The zero-order valence-electron chi connectivity index (χ0n) is 28.5. The second-order valence-corrected chi connectivity index (χ2v) is 11.9. The molecule has 250 valence electrons. The van der Waals surface area contributed by atoms with Crippen LogP contribution < -0.4 is 18.9 Å². The quantitative estimate of drug-likeness (QED) is 0.0760. The topological polar surface area (TPSA) is 55.4 Å². The molecular formula is C40H54O6. The van der Waals surface area contributed by atoms with Gasteiger partial charge in [0.25, 0.3) is 0 Å². The van der Waals surface area contributed by atoms with Gasteiger partial charge in [0.05, 0.1) is 26.4 Å². The molecule has 0 aromatic heterocycles. The highest BCUT2D eigenvalue weighted by Gasteiger charge is 2.15. The molecule has 4 rings (SSSR count). The minimum atomic E-state index is 0.634. The fourth-order valence-electron chi connectivity index (χ4n) is 5.54. The molecule has 0 heterocycles. The van der Waals surface area contributed by atoms with Gasteiger partial charge in [-0.2, -0.15) is 0 Å². The largest absolute Gasteiger partial charge is 0.494 e. The van der Waals surface area contributed by atoms with Gasteiger partial charge in [0.2, 0.25) is 0 Å². The minimum absolute atomic E-state index is 0.634. The molecule has 0 spiro atoms. The third-order valence-electron chi connectivity index (χ3n) is 8.15. The van der Waals surface area contributed by atoms with Crippen molar-refractivity contribution in [2.75, 3.05) is 53.9 Å². The van der Waals surface area contributed by atoms with Crippen LogP contribution in [0.3, 0.4) is 0 Å². The summed E-state index contributed by atoms with van der Waals surface area (Å²) in [5, 5.41) is 4.45. The summed E-state index contributed by atoms with van der Waals surface area (Å²) in [4.78, 5) is 0. The maximum atomic E-state index is 6.38. The summed E-state index contributed by atoms with van der Waals surface area (Å²) >= 11 is 0. The Morgan fingerprint density at radius 2 is 0.804 bits per heavy atom. The van der Waals surface area contributed by atoms with Crippen LogP contribution in [0.4, 0.5) is 0 Å². The lowest BCUT2D eigenvalue weighted by molar-refractivity contribution is 0.184. The molecule has 0 amide bonds. The molecule has 0 bridgehead atoms. The molecular weight excluding hydrogens is 576 g/mol. The molecule has 4 aromatic rings. The van der Waals surface area contributed by atoms with E-state index in [1.807, 2.05) is 0 Å². The third-order valence-corrected chi connectivity index (χ3v) is 8.15. The molecule has 0 saturated heterocycles. The summed E-state index contributed by atoms with van der Waals surface area (Å²) in [6.07, 6.45) is 10.6. The number of rotatable bonds is 23. The zero-order valence-corrected chi connectivity index (χ0v) is 28.5. The van der Waals surface area contributed by atoms with E-state index in [2.05, 4.69) is 74.5 Å². The second kappa shape index (κ2) is 19.9. The Labute approximate surface area is 276 Å². The van der Waals surface area contributed by atoms with Crippen LogP contribution in [0, 0.1) is 0 Å². The van der Waals surface area contributed by atoms with Gasteiger partial charge >= 0.3 is 0 Å². The Bertz CT molecular complexity index is 1470. The van der Waals surface area contributed by atoms with E-state index < -0.39 is 0 Å². The Hall–Kier alpha value is -3.48. The van der Waals surface area contributed by atoms with Crippen LogP contribution in [0.15, 0.2) is 60.7 Å². The lowest BCUT2D eigenvalue weighted by Gasteiger charge is -2.17. The fraction of sp³-hybridized carbons (Fsp3) is 0.500. The molecule has 4 aromatic carbocycles. The summed E-state index contributed by atoms with van der Waals surface area (Å²) in [5.41, 5.74) is 2.18. The third kappa shape index (κ3) is 10.8. The molecule has 0 radical (unpaired) electrons. The normalized spacial score (nSPS) is 11.3. The standard InChI is InChI=1S/C40H54O6/c1-5-7-9-10-22-45-35-25-32-16-18-34(44-23-13-11-19-41-3)28-38(32)39(29-35)40-30-36(46-24-14-12-20-42-4)26-31-15-17-33(27-37(31)40)43-21-8-6-2/h15-18,25-30H,5-14,19-24H2,1-4H3. The first-order valence-corrected chi connectivity index (χ1v) is 17.3. The molecule has 0 aliphatic carbocycles. The van der Waals surface area contributed by atoms with Gasteiger partial charge < -0.3 is 28.4 Å². The van der Waals surface area contributed by atoms with Crippen molar-refractivity contribution in [3.8, 4) is 34.1 Å². The Balaban J connectivity index is 1.77. The Morgan fingerprint density at radius 3 is 1.26 bits per heavy atom. The predicted molar refractivity (Wildman–Crippen MR) is 190 cm³/mol. The van der Waals surface area contributed by atoms with E-state index in [0.29, 0.717) is 26.4 Å². The zero-order chi connectivity index (χ0) is 32.4. The molecule has 0 saturated carbocycles. The van der Waals surface area contributed by atoms with Crippen molar-refractivity contribution >= 4 is 21.5 Å². The van der Waals surface area contributed by atoms with Crippen LogP contribution in [-0.4, -0.2) is 53.9 Å². The van der Waals surface area contributed by atoms with E-state index in [-0.39, 0.29) is 0 Å². The fourth-order valence-corrected chi connectivity index (χ4v) is 5.54. The highest BCUT2D eigenvalue weighted by Crippen LogP contribution is 2.41. The monoisotopic (exact) mass is 630 g/mol. The number of ether oxygens (including phenoxy) is 6. The highest BCUT2D eigenvalue weighted by molar-refractivity contribution is 6.07. The maximum absolute atomic E-state index is 6.38. The first-order valence-electron chi connectivity index (χ1n) is 17.3. The number of hydrogen-bond donors (Lipinski definition) is 0. The van der Waals surface area contributed by atoms with Gasteiger partial charge in [-0.3, -0.25) is 0 Å². The molecule has 6 nitrogen and oxygen atoms in total. The number of fused-ring (bicyclic) bond motifs is 2. The SMILES string of the molecule is CCCCCCOc1cc(-c2cc(OCCCCOC)cc3ccc(OCCCC)cc23)c2cc(OCCCCOC)ccc2c1. The smallest absolute Gasteiger partial charge is 0.120 e. The van der Waals surface area contributed by atoms with Gasteiger partial charge in [0, 0.05) is 27.4 Å². The van der Waals surface area contributed by atoms with Crippen LogP contribution in [0.1, 0.15) is 78.1 Å². The molecule has 0 fully saturated rings. The summed E-state index contributed by atoms with van der Waals surface area (Å²) in [6.45, 7) is 8.59. The first kappa shape index (κ1) is 35.4. The average Bonchev–Trinajstić information content (AvgIpc) is 3.07. The number of unbranched alkanes of at least 4 members (excludes halogenated alkanes) is 6. The van der Waals surface area contributed by atoms with Gasteiger partial charge in [0.1, 0.15) is 23.0 Å². The van der Waals surface area contributed by atoms with Gasteiger partial charge in [0.15, 0.2) is 0 Å². The number of benzene rings is 4. The van der Waals surface area contributed by atoms with Crippen molar-refractivity contribution < 1.29 is 28.4 Å². The van der Waals surface area contributed by atoms with Gasteiger partial charge in [-0.15, -0.1) is 0 Å². The van der Waals surface area contributed by atoms with Crippen LogP contribution >= 0.6 is 0 Å².